The fraction of sp³-hybridized carbons (Fsp3) is 0. The summed E-state index contributed by atoms with van der Waals surface area (Å²) in [5, 5.41) is 4.59. The van der Waals surface area contributed by atoms with Gasteiger partial charge in [-0.1, -0.05) is 35.3 Å². The number of fused-ring (bicyclic) bond motifs is 1. The van der Waals surface area contributed by atoms with Crippen LogP contribution < -0.4 is 11.1 Å². The van der Waals surface area contributed by atoms with E-state index < -0.39 is 5.91 Å². The molecule has 2 aromatic heterocycles. The maximum atomic E-state index is 12.6. The fourth-order valence-corrected chi connectivity index (χ4v) is 4.96. The Morgan fingerprint density at radius 3 is 2.54 bits per heavy atom. The Morgan fingerprint density at radius 1 is 1.09 bits per heavy atom. The van der Waals surface area contributed by atoms with Crippen molar-refractivity contribution in [3.63, 3.8) is 0 Å². The van der Waals surface area contributed by atoms with Crippen molar-refractivity contribution in [1.82, 2.24) is 15.3 Å². The van der Waals surface area contributed by atoms with E-state index in [-0.39, 0.29) is 5.91 Å². The summed E-state index contributed by atoms with van der Waals surface area (Å²) in [4.78, 5) is 38.1. The largest absolute Gasteiger partial charge is 0.366 e. The number of aliphatic imine (C=N–C) groups is 1. The first kappa shape index (κ1) is 23.0. The zero-order valence-corrected chi connectivity index (χ0v) is 20.2. The molecule has 0 radical (unpaired) electrons. The highest BCUT2D eigenvalue weighted by molar-refractivity contribution is 8.18. The third kappa shape index (κ3) is 4.64. The zero-order valence-electron chi connectivity index (χ0n) is 17.8. The Bertz CT molecular complexity index is 1550. The van der Waals surface area contributed by atoms with Crippen LogP contribution in [0.5, 0.6) is 0 Å². The van der Waals surface area contributed by atoms with Crippen LogP contribution in [-0.2, 0) is 4.79 Å². The lowest BCUT2D eigenvalue weighted by molar-refractivity contribution is -0.115. The molecule has 7 nitrogen and oxygen atoms in total. The van der Waals surface area contributed by atoms with Gasteiger partial charge in [-0.15, -0.1) is 0 Å². The molecule has 1 saturated heterocycles. The third-order valence-corrected chi connectivity index (χ3v) is 6.75. The van der Waals surface area contributed by atoms with Crippen molar-refractivity contribution < 1.29 is 9.59 Å². The van der Waals surface area contributed by atoms with Crippen molar-refractivity contribution in [3.05, 3.63) is 93.2 Å². The minimum absolute atomic E-state index is 0.296. The molecular formula is C25H15Cl2N5O2S. The van der Waals surface area contributed by atoms with Gasteiger partial charge in [-0.2, -0.15) is 0 Å². The van der Waals surface area contributed by atoms with Crippen LogP contribution in [0.25, 0.3) is 28.1 Å². The molecule has 0 unspecified atom stereocenters. The minimum Gasteiger partial charge on any atom is -0.366 e. The van der Waals surface area contributed by atoms with E-state index in [9.17, 15) is 9.59 Å². The number of amidine groups is 1. The van der Waals surface area contributed by atoms with Gasteiger partial charge in [-0.05, 0) is 65.4 Å². The number of para-hydroxylation sites is 1. The molecule has 1 fully saturated rings. The molecule has 3 heterocycles. The molecule has 0 spiro atoms. The second-order valence-electron chi connectivity index (χ2n) is 7.48. The minimum atomic E-state index is -0.584. The lowest BCUT2D eigenvalue weighted by Gasteiger charge is -2.11. The van der Waals surface area contributed by atoms with E-state index in [0.29, 0.717) is 42.4 Å². The van der Waals surface area contributed by atoms with Crippen LogP contribution in [0.3, 0.4) is 0 Å². The number of rotatable bonds is 4. The lowest BCUT2D eigenvalue weighted by Crippen LogP contribution is -2.19. The number of nitrogens with one attached hydrogen (secondary N) is 1. The monoisotopic (exact) mass is 519 g/mol. The summed E-state index contributed by atoms with van der Waals surface area (Å²) in [6, 6.07) is 14.2. The first-order valence-electron chi connectivity index (χ1n) is 10.3. The summed E-state index contributed by atoms with van der Waals surface area (Å²) in [7, 11) is 0. The molecule has 0 saturated carbocycles. The molecule has 4 aromatic rings. The highest BCUT2D eigenvalue weighted by Gasteiger charge is 2.25. The number of primary amides is 1. The van der Waals surface area contributed by atoms with Crippen molar-refractivity contribution in [2.45, 2.75) is 0 Å². The van der Waals surface area contributed by atoms with Crippen molar-refractivity contribution in [3.8, 4) is 11.1 Å². The summed E-state index contributed by atoms with van der Waals surface area (Å²) < 4.78 is 0. The Balaban J connectivity index is 1.57. The van der Waals surface area contributed by atoms with Crippen LogP contribution in [-0.4, -0.2) is 26.9 Å². The molecule has 35 heavy (non-hydrogen) atoms. The van der Waals surface area contributed by atoms with Gasteiger partial charge in [0.25, 0.3) is 11.8 Å². The van der Waals surface area contributed by atoms with Gasteiger partial charge in [0.1, 0.15) is 5.69 Å². The highest BCUT2D eigenvalue weighted by atomic mass is 35.5. The summed E-state index contributed by atoms with van der Waals surface area (Å²) in [5.41, 5.74) is 9.19. The first-order chi connectivity index (χ1) is 16.9. The maximum absolute atomic E-state index is 12.6. The smallest absolute Gasteiger partial charge is 0.264 e. The Morgan fingerprint density at radius 2 is 1.83 bits per heavy atom. The van der Waals surface area contributed by atoms with Gasteiger partial charge in [-0.25, -0.2) is 4.99 Å². The number of halogens is 2. The van der Waals surface area contributed by atoms with E-state index in [1.165, 1.54) is 18.0 Å². The van der Waals surface area contributed by atoms with E-state index in [2.05, 4.69) is 20.3 Å². The van der Waals surface area contributed by atoms with E-state index in [0.717, 1.165) is 16.5 Å². The molecule has 172 valence electrons. The molecule has 0 bridgehead atoms. The Hall–Kier alpha value is -3.72. The van der Waals surface area contributed by atoms with E-state index in [4.69, 9.17) is 28.9 Å². The Labute approximate surface area is 214 Å². The van der Waals surface area contributed by atoms with Gasteiger partial charge in [0.2, 0.25) is 0 Å². The van der Waals surface area contributed by atoms with Crippen molar-refractivity contribution in [2.75, 3.05) is 0 Å². The molecule has 10 heteroatoms. The summed E-state index contributed by atoms with van der Waals surface area (Å²) in [6.07, 6.45) is 6.50. The number of nitrogens with two attached hydrogens (primary N) is 1. The van der Waals surface area contributed by atoms with Gasteiger partial charge in [0.15, 0.2) is 5.17 Å². The zero-order chi connectivity index (χ0) is 24.5. The van der Waals surface area contributed by atoms with Crippen LogP contribution in [0.1, 0.15) is 15.9 Å². The number of pyridine rings is 2. The van der Waals surface area contributed by atoms with Gasteiger partial charge in [0, 0.05) is 29.5 Å². The number of carbonyl (C=O) groups is 2. The average Bonchev–Trinajstić information content (AvgIpc) is 3.19. The quantitative estimate of drug-likeness (QED) is 0.341. The predicted octanol–water partition coefficient (Wildman–Crippen LogP) is 5.59. The van der Waals surface area contributed by atoms with Crippen LogP contribution in [0.2, 0.25) is 10.0 Å². The Kier molecular flexibility index (Phi) is 6.25. The molecule has 1 aliphatic heterocycles. The normalized spacial score (nSPS) is 15.7. The second kappa shape index (κ2) is 9.50. The number of thioether (sulfide) groups is 1. The number of amides is 2. The third-order valence-electron chi connectivity index (χ3n) is 5.23. The summed E-state index contributed by atoms with van der Waals surface area (Å²) >= 11 is 13.6. The number of hydrogen-bond donors (Lipinski definition) is 2. The molecule has 0 atom stereocenters. The van der Waals surface area contributed by atoms with Crippen molar-refractivity contribution >= 4 is 74.6 Å². The van der Waals surface area contributed by atoms with Gasteiger partial charge in [-0.3, -0.25) is 19.6 Å². The lowest BCUT2D eigenvalue weighted by atomic mass is 9.95. The topological polar surface area (TPSA) is 110 Å². The first-order valence-corrected chi connectivity index (χ1v) is 11.8. The van der Waals surface area contributed by atoms with Crippen LogP contribution in [0.4, 0.5) is 5.69 Å². The molecule has 2 amide bonds. The van der Waals surface area contributed by atoms with Crippen LogP contribution in [0, 0.1) is 0 Å². The molecular weight excluding hydrogens is 505 g/mol. The second-order valence-corrected chi connectivity index (χ2v) is 9.32. The average molecular weight is 520 g/mol. The number of aromatic nitrogens is 2. The predicted molar refractivity (Wildman–Crippen MR) is 141 cm³/mol. The van der Waals surface area contributed by atoms with E-state index >= 15 is 0 Å². The molecule has 2 aromatic carbocycles. The van der Waals surface area contributed by atoms with Crippen LogP contribution >= 0.6 is 35.0 Å². The summed E-state index contributed by atoms with van der Waals surface area (Å²) in [6.45, 7) is 0. The standard InChI is InChI=1S/C25H15Cl2N5O2S/c26-17-2-1-3-18(27)22(17)31-25-32-24(34)20(35-25)11-13-4-5-19-15(10-13)21(14-6-8-29-9-7-14)16(12-30-19)23(28)33/h1-12H,(H2,28,33)(H,31,32,34)/b20-11+. The number of nitrogens with zero attached hydrogens (tertiary/aromatic N) is 3. The fourth-order valence-electron chi connectivity index (χ4n) is 3.65. The molecule has 1 aliphatic rings. The van der Waals surface area contributed by atoms with Crippen molar-refractivity contribution in [2.24, 2.45) is 10.7 Å². The van der Waals surface area contributed by atoms with Gasteiger partial charge >= 0.3 is 0 Å². The SMILES string of the molecule is NC(=O)c1cnc2ccc(/C=C3/SC(=Nc4c(Cl)cccc4Cl)NC3=O)cc2c1-c1ccncc1. The number of hydrogen-bond acceptors (Lipinski definition) is 6. The van der Waals surface area contributed by atoms with Gasteiger partial charge in [0.05, 0.1) is 26.0 Å². The van der Waals surface area contributed by atoms with E-state index in [1.807, 2.05) is 18.2 Å². The van der Waals surface area contributed by atoms with Crippen molar-refractivity contribution in [1.29, 1.82) is 0 Å². The number of benzene rings is 2. The molecule has 5 rings (SSSR count). The molecule has 3 N–H and O–H groups in total. The molecule has 0 aliphatic carbocycles. The highest BCUT2D eigenvalue weighted by Crippen LogP contribution is 2.36. The maximum Gasteiger partial charge on any atom is 0.264 e. The van der Waals surface area contributed by atoms with E-state index in [1.54, 1.807) is 48.8 Å². The number of carbonyl (C=O) groups excluding carboxylic acids is 2. The summed E-state index contributed by atoms with van der Waals surface area (Å²) in [5.74, 6) is -0.879. The van der Waals surface area contributed by atoms with Gasteiger partial charge < -0.3 is 11.1 Å². The van der Waals surface area contributed by atoms with Crippen LogP contribution in [0.15, 0.2) is 77.0 Å².